The lowest BCUT2D eigenvalue weighted by atomic mass is 10.0. The number of halogens is 3. The summed E-state index contributed by atoms with van der Waals surface area (Å²) in [6, 6.07) is 2.26. The average molecular weight is 403 g/mol. The van der Waals surface area contributed by atoms with Crippen LogP contribution in [0.1, 0.15) is 15.9 Å². The summed E-state index contributed by atoms with van der Waals surface area (Å²) in [6.07, 6.45) is -4.72. The molecule has 0 aromatic heterocycles. The number of esters is 3. The van der Waals surface area contributed by atoms with Crippen molar-refractivity contribution >= 4 is 23.6 Å². The van der Waals surface area contributed by atoms with Gasteiger partial charge in [0.2, 0.25) is 0 Å². The topological polar surface area (TPSA) is 91.4 Å². The first-order valence-electron chi connectivity index (χ1n) is 7.70. The van der Waals surface area contributed by atoms with E-state index in [4.69, 9.17) is 4.74 Å². The van der Waals surface area contributed by atoms with Crippen LogP contribution in [0.5, 0.6) is 0 Å². The van der Waals surface area contributed by atoms with Crippen LogP contribution in [0.25, 0.3) is 0 Å². The van der Waals surface area contributed by atoms with Gasteiger partial charge in [0.15, 0.2) is 0 Å². The minimum atomic E-state index is -4.72. The Morgan fingerprint density at radius 1 is 1.00 bits per heavy atom. The van der Waals surface area contributed by atoms with Gasteiger partial charge in [-0.2, -0.15) is 13.2 Å². The molecule has 0 aliphatic carbocycles. The van der Waals surface area contributed by atoms with E-state index >= 15 is 0 Å². The van der Waals surface area contributed by atoms with Gasteiger partial charge in [-0.25, -0.2) is 14.4 Å². The number of nitrogens with zero attached hydrogens (tertiary/aromatic N) is 1. The van der Waals surface area contributed by atoms with Crippen LogP contribution in [0.15, 0.2) is 29.5 Å². The molecule has 0 bridgehead atoms. The first kappa shape index (κ1) is 21.2. The molecular formula is C17H16F3NO7. The highest BCUT2D eigenvalue weighted by Crippen LogP contribution is 2.36. The van der Waals surface area contributed by atoms with E-state index in [1.165, 1.54) is 0 Å². The highest BCUT2D eigenvalue weighted by Gasteiger charge is 2.37. The molecule has 0 saturated heterocycles. The Bertz CT molecular complexity index is 833. The van der Waals surface area contributed by atoms with E-state index in [0.29, 0.717) is 12.1 Å². The number of ether oxygens (including phenoxy) is 4. The third-order valence-corrected chi connectivity index (χ3v) is 3.85. The molecule has 1 aromatic carbocycles. The second-order valence-corrected chi connectivity index (χ2v) is 5.44. The Balaban J connectivity index is 2.76. The van der Waals surface area contributed by atoms with Gasteiger partial charge in [0.1, 0.15) is 12.4 Å². The molecule has 11 heteroatoms. The van der Waals surface area contributed by atoms with Crippen LogP contribution in [0, 0.1) is 0 Å². The molecule has 8 nitrogen and oxygen atoms in total. The molecular weight excluding hydrogens is 387 g/mol. The summed E-state index contributed by atoms with van der Waals surface area (Å²) in [4.78, 5) is 37.3. The molecule has 1 heterocycles. The fraction of sp³-hybridized carbons (Fsp3) is 0.353. The first-order valence-corrected chi connectivity index (χ1v) is 7.70. The van der Waals surface area contributed by atoms with Crippen LogP contribution in [0.2, 0.25) is 0 Å². The number of anilines is 1. The smallest absolute Gasteiger partial charge is 0.416 e. The number of rotatable bonds is 4. The lowest BCUT2D eigenvalue weighted by Gasteiger charge is -2.32. The summed E-state index contributed by atoms with van der Waals surface area (Å²) in [6.45, 7) is -0.754. The number of hydrogen-bond acceptors (Lipinski definition) is 8. The van der Waals surface area contributed by atoms with Crippen molar-refractivity contribution in [1.29, 1.82) is 0 Å². The summed E-state index contributed by atoms with van der Waals surface area (Å²) >= 11 is 0. The van der Waals surface area contributed by atoms with Gasteiger partial charge in [-0.3, -0.25) is 0 Å². The minimum Gasteiger partial charge on any atom is -0.466 e. The summed E-state index contributed by atoms with van der Waals surface area (Å²) < 4.78 is 58.6. The highest BCUT2D eigenvalue weighted by molar-refractivity contribution is 6.05. The second-order valence-electron chi connectivity index (χ2n) is 5.44. The molecule has 0 amide bonds. The SMILES string of the molecule is COC(=O)C1=C(C(=O)OC)N(c2cc(C(F)(F)F)ccc2C(=O)OC)COC1. The largest absolute Gasteiger partial charge is 0.466 e. The van der Waals surface area contributed by atoms with Gasteiger partial charge in [0, 0.05) is 0 Å². The molecule has 0 radical (unpaired) electrons. The molecule has 0 fully saturated rings. The maximum atomic E-state index is 13.2. The fourth-order valence-corrected chi connectivity index (χ4v) is 2.55. The van der Waals surface area contributed by atoms with Gasteiger partial charge in [-0.05, 0) is 18.2 Å². The molecule has 28 heavy (non-hydrogen) atoms. The molecule has 1 aliphatic heterocycles. The monoisotopic (exact) mass is 403 g/mol. The number of carbonyl (C=O) groups excluding carboxylic acids is 3. The predicted molar refractivity (Wildman–Crippen MR) is 87.1 cm³/mol. The van der Waals surface area contributed by atoms with Crippen molar-refractivity contribution in [3.8, 4) is 0 Å². The lowest BCUT2D eigenvalue weighted by molar-refractivity contribution is -0.140. The van der Waals surface area contributed by atoms with Gasteiger partial charge in [-0.15, -0.1) is 0 Å². The number of carbonyl (C=O) groups is 3. The molecule has 1 aromatic rings. The van der Waals surface area contributed by atoms with Gasteiger partial charge in [0.05, 0.1) is 50.3 Å². The van der Waals surface area contributed by atoms with Crippen LogP contribution in [-0.2, 0) is 34.7 Å². The average Bonchev–Trinajstić information content (AvgIpc) is 2.70. The summed E-state index contributed by atoms with van der Waals surface area (Å²) in [7, 11) is 3.14. The van der Waals surface area contributed by atoms with Crippen molar-refractivity contribution in [1.82, 2.24) is 0 Å². The second kappa shape index (κ2) is 8.30. The van der Waals surface area contributed by atoms with E-state index in [0.717, 1.165) is 32.3 Å². The number of alkyl halides is 3. The van der Waals surface area contributed by atoms with E-state index in [9.17, 15) is 27.6 Å². The molecule has 0 unspecified atom stereocenters. The third-order valence-electron chi connectivity index (χ3n) is 3.85. The van der Waals surface area contributed by atoms with Crippen molar-refractivity contribution in [3.63, 3.8) is 0 Å². The zero-order valence-electron chi connectivity index (χ0n) is 15.1. The van der Waals surface area contributed by atoms with Crippen LogP contribution in [0.3, 0.4) is 0 Å². The van der Waals surface area contributed by atoms with E-state index in [2.05, 4.69) is 14.2 Å². The van der Waals surface area contributed by atoms with E-state index < -0.39 is 42.1 Å². The van der Waals surface area contributed by atoms with Crippen molar-refractivity contribution < 1.29 is 46.5 Å². The predicted octanol–water partition coefficient (Wildman–Crippen LogP) is 1.89. The summed E-state index contributed by atoms with van der Waals surface area (Å²) in [5.74, 6) is -2.90. The zero-order chi connectivity index (χ0) is 21.1. The van der Waals surface area contributed by atoms with Gasteiger partial charge in [0.25, 0.3) is 0 Å². The van der Waals surface area contributed by atoms with Crippen molar-refractivity contribution in [2.75, 3.05) is 39.6 Å². The minimum absolute atomic E-state index is 0.270. The molecule has 152 valence electrons. The highest BCUT2D eigenvalue weighted by atomic mass is 19.4. The summed E-state index contributed by atoms with van der Waals surface area (Å²) in [5, 5.41) is 0. The number of hydrogen-bond donors (Lipinski definition) is 0. The Hall–Kier alpha value is -3.08. The van der Waals surface area contributed by atoms with E-state index in [-0.39, 0.29) is 23.4 Å². The van der Waals surface area contributed by atoms with Crippen molar-refractivity contribution in [3.05, 3.63) is 40.6 Å². The standard InChI is InChI=1S/C17H16F3NO7/c1-25-14(22)10-5-4-9(17(18,19)20)6-12(10)21-8-28-7-11(15(23)26-2)13(21)16(24)27-3/h4-6H,7-8H2,1-3H3. The van der Waals surface area contributed by atoms with Crippen LogP contribution in [-0.4, -0.2) is 52.6 Å². The number of benzene rings is 1. The lowest BCUT2D eigenvalue weighted by Crippen LogP contribution is -2.39. The number of methoxy groups -OCH3 is 3. The quantitative estimate of drug-likeness (QED) is 0.556. The Morgan fingerprint density at radius 3 is 2.14 bits per heavy atom. The molecule has 0 spiro atoms. The molecule has 2 rings (SSSR count). The zero-order valence-corrected chi connectivity index (χ0v) is 15.1. The molecule has 0 N–H and O–H groups in total. The molecule has 0 saturated carbocycles. The summed E-state index contributed by atoms with van der Waals surface area (Å²) in [5.41, 5.74) is -2.36. The Kier molecular flexibility index (Phi) is 6.29. The van der Waals surface area contributed by atoms with E-state index in [1.54, 1.807) is 0 Å². The van der Waals surface area contributed by atoms with Crippen molar-refractivity contribution in [2.24, 2.45) is 0 Å². The Labute approximate surface area is 157 Å². The van der Waals surface area contributed by atoms with Crippen LogP contribution < -0.4 is 4.90 Å². The maximum absolute atomic E-state index is 13.2. The maximum Gasteiger partial charge on any atom is 0.416 e. The molecule has 0 atom stereocenters. The van der Waals surface area contributed by atoms with Crippen molar-refractivity contribution in [2.45, 2.75) is 6.18 Å². The third kappa shape index (κ3) is 4.09. The molecule has 1 aliphatic rings. The van der Waals surface area contributed by atoms with Gasteiger partial charge in [-0.1, -0.05) is 0 Å². The van der Waals surface area contributed by atoms with Crippen LogP contribution >= 0.6 is 0 Å². The fourth-order valence-electron chi connectivity index (χ4n) is 2.55. The first-order chi connectivity index (χ1) is 13.1. The van der Waals surface area contributed by atoms with Gasteiger partial charge < -0.3 is 23.8 Å². The van der Waals surface area contributed by atoms with E-state index in [1.807, 2.05) is 0 Å². The Morgan fingerprint density at radius 2 is 1.61 bits per heavy atom. The normalized spacial score (nSPS) is 14.6. The van der Waals surface area contributed by atoms with Crippen LogP contribution in [0.4, 0.5) is 18.9 Å². The van der Waals surface area contributed by atoms with Gasteiger partial charge >= 0.3 is 24.1 Å².